The van der Waals surface area contributed by atoms with Crippen molar-refractivity contribution in [3.63, 3.8) is 0 Å². The molecule has 1 aromatic carbocycles. The summed E-state index contributed by atoms with van der Waals surface area (Å²) in [6.45, 7) is 5.87. The lowest BCUT2D eigenvalue weighted by atomic mass is 10.3. The van der Waals surface area contributed by atoms with E-state index in [-0.39, 0.29) is 5.82 Å². The van der Waals surface area contributed by atoms with E-state index >= 15 is 0 Å². The summed E-state index contributed by atoms with van der Waals surface area (Å²) in [7, 11) is 0. The van der Waals surface area contributed by atoms with Crippen LogP contribution in [0.2, 0.25) is 0 Å². The van der Waals surface area contributed by atoms with Gasteiger partial charge < -0.3 is 10.2 Å². The van der Waals surface area contributed by atoms with Crippen LogP contribution in [0.4, 0.5) is 10.2 Å². The van der Waals surface area contributed by atoms with Crippen LogP contribution in [0, 0.1) is 12.7 Å². The second kappa shape index (κ2) is 5.01. The third-order valence-electron chi connectivity index (χ3n) is 3.32. The number of nitrogens with one attached hydrogen (secondary N) is 1. The molecule has 4 nitrogen and oxygen atoms in total. The predicted molar refractivity (Wildman–Crippen MR) is 73.3 cm³/mol. The molecule has 0 aliphatic carbocycles. The molecule has 1 N–H and O–H groups in total. The Balaban J connectivity index is 1.98. The summed E-state index contributed by atoms with van der Waals surface area (Å²) in [5, 5.41) is 7.85. The molecular formula is C14H17FN4. The van der Waals surface area contributed by atoms with Crippen molar-refractivity contribution in [3.05, 3.63) is 41.8 Å². The number of aromatic nitrogens is 2. The molecular weight excluding hydrogens is 243 g/mol. The van der Waals surface area contributed by atoms with Crippen LogP contribution in [0.5, 0.6) is 0 Å². The van der Waals surface area contributed by atoms with E-state index in [1.165, 1.54) is 12.1 Å². The number of nitrogens with zero attached hydrogens (tertiary/aromatic N) is 3. The first-order valence-electron chi connectivity index (χ1n) is 6.52. The molecule has 0 unspecified atom stereocenters. The fourth-order valence-corrected chi connectivity index (χ4v) is 2.38. The van der Waals surface area contributed by atoms with E-state index < -0.39 is 0 Å². The van der Waals surface area contributed by atoms with Gasteiger partial charge in [0, 0.05) is 32.2 Å². The number of halogens is 1. The minimum Gasteiger partial charge on any atom is -0.354 e. The number of hydrogen-bond donors (Lipinski definition) is 1. The Morgan fingerprint density at radius 2 is 1.84 bits per heavy atom. The largest absolute Gasteiger partial charge is 0.354 e. The number of anilines is 1. The standard InChI is InChI=1S/C14H17FN4/c1-11-10-14(18-8-6-16-7-9-18)19(17-11)13-4-2-12(15)3-5-13/h2-5,10,16H,6-9H2,1H3. The van der Waals surface area contributed by atoms with E-state index in [1.807, 2.05) is 11.6 Å². The molecule has 19 heavy (non-hydrogen) atoms. The van der Waals surface area contributed by atoms with Gasteiger partial charge in [0.15, 0.2) is 0 Å². The summed E-state index contributed by atoms with van der Waals surface area (Å²) in [6, 6.07) is 8.53. The third kappa shape index (κ3) is 2.46. The Bertz CT molecular complexity index is 555. The highest BCUT2D eigenvalue weighted by Gasteiger charge is 2.16. The zero-order chi connectivity index (χ0) is 13.2. The van der Waals surface area contributed by atoms with Crippen LogP contribution in [0.15, 0.2) is 30.3 Å². The van der Waals surface area contributed by atoms with Gasteiger partial charge >= 0.3 is 0 Å². The topological polar surface area (TPSA) is 33.1 Å². The summed E-state index contributed by atoms with van der Waals surface area (Å²) in [5.41, 5.74) is 1.86. The van der Waals surface area contributed by atoms with Crippen LogP contribution in [-0.4, -0.2) is 36.0 Å². The van der Waals surface area contributed by atoms with E-state index in [0.29, 0.717) is 0 Å². The first-order chi connectivity index (χ1) is 9.24. The minimum atomic E-state index is -0.226. The van der Waals surface area contributed by atoms with Crippen molar-refractivity contribution >= 4 is 5.82 Å². The fraction of sp³-hybridized carbons (Fsp3) is 0.357. The normalized spacial score (nSPS) is 15.8. The van der Waals surface area contributed by atoms with E-state index in [0.717, 1.165) is 43.4 Å². The van der Waals surface area contributed by atoms with Gasteiger partial charge in [0.25, 0.3) is 0 Å². The summed E-state index contributed by atoms with van der Waals surface area (Å²) in [5.74, 6) is 0.849. The maximum absolute atomic E-state index is 13.0. The summed E-state index contributed by atoms with van der Waals surface area (Å²) < 4.78 is 14.9. The lowest BCUT2D eigenvalue weighted by Gasteiger charge is -2.29. The molecule has 0 atom stereocenters. The van der Waals surface area contributed by atoms with Gasteiger partial charge in [0.2, 0.25) is 0 Å². The molecule has 0 bridgehead atoms. The number of benzene rings is 1. The number of aryl methyl sites for hydroxylation is 1. The van der Waals surface area contributed by atoms with Gasteiger partial charge in [-0.25, -0.2) is 9.07 Å². The van der Waals surface area contributed by atoms with E-state index in [2.05, 4.69) is 21.4 Å². The Labute approximate surface area is 111 Å². The molecule has 1 saturated heterocycles. The molecule has 1 aromatic heterocycles. The van der Waals surface area contributed by atoms with Crippen LogP contribution in [0.1, 0.15) is 5.69 Å². The van der Waals surface area contributed by atoms with Crippen molar-refractivity contribution in [2.45, 2.75) is 6.92 Å². The molecule has 5 heteroatoms. The summed E-state index contributed by atoms with van der Waals surface area (Å²) in [4.78, 5) is 2.31. The van der Waals surface area contributed by atoms with Gasteiger partial charge in [-0.3, -0.25) is 0 Å². The van der Waals surface area contributed by atoms with E-state index in [9.17, 15) is 4.39 Å². The monoisotopic (exact) mass is 260 g/mol. The molecule has 1 aliphatic rings. The third-order valence-corrected chi connectivity index (χ3v) is 3.32. The number of piperazine rings is 1. The van der Waals surface area contributed by atoms with Crippen LogP contribution < -0.4 is 10.2 Å². The fourth-order valence-electron chi connectivity index (χ4n) is 2.38. The van der Waals surface area contributed by atoms with Crippen molar-refractivity contribution in [1.29, 1.82) is 0 Å². The van der Waals surface area contributed by atoms with E-state index in [4.69, 9.17) is 0 Å². The first kappa shape index (κ1) is 12.2. The van der Waals surface area contributed by atoms with Crippen LogP contribution in [-0.2, 0) is 0 Å². The first-order valence-corrected chi connectivity index (χ1v) is 6.52. The molecule has 0 spiro atoms. The average Bonchev–Trinajstić information content (AvgIpc) is 2.83. The number of rotatable bonds is 2. The van der Waals surface area contributed by atoms with Crippen molar-refractivity contribution in [3.8, 4) is 5.69 Å². The van der Waals surface area contributed by atoms with Gasteiger partial charge in [-0.15, -0.1) is 0 Å². The highest BCUT2D eigenvalue weighted by atomic mass is 19.1. The molecule has 1 aliphatic heterocycles. The summed E-state index contributed by atoms with van der Waals surface area (Å²) in [6.07, 6.45) is 0. The van der Waals surface area contributed by atoms with E-state index in [1.54, 1.807) is 12.1 Å². The van der Waals surface area contributed by atoms with Crippen molar-refractivity contribution < 1.29 is 4.39 Å². The van der Waals surface area contributed by atoms with Crippen molar-refractivity contribution in [2.75, 3.05) is 31.1 Å². The number of hydrogen-bond acceptors (Lipinski definition) is 3. The molecule has 1 fully saturated rings. The van der Waals surface area contributed by atoms with Crippen molar-refractivity contribution in [2.24, 2.45) is 0 Å². The van der Waals surface area contributed by atoms with Gasteiger partial charge in [-0.2, -0.15) is 5.10 Å². The van der Waals surface area contributed by atoms with Crippen molar-refractivity contribution in [1.82, 2.24) is 15.1 Å². The summed E-state index contributed by atoms with van der Waals surface area (Å²) >= 11 is 0. The average molecular weight is 260 g/mol. The van der Waals surface area contributed by atoms with Gasteiger partial charge in [0.1, 0.15) is 11.6 Å². The van der Waals surface area contributed by atoms with Crippen LogP contribution in [0.3, 0.4) is 0 Å². The lowest BCUT2D eigenvalue weighted by Crippen LogP contribution is -2.44. The molecule has 0 saturated carbocycles. The minimum absolute atomic E-state index is 0.226. The highest BCUT2D eigenvalue weighted by molar-refractivity contribution is 5.48. The zero-order valence-corrected chi connectivity index (χ0v) is 10.9. The van der Waals surface area contributed by atoms with Gasteiger partial charge in [-0.05, 0) is 31.2 Å². The SMILES string of the molecule is Cc1cc(N2CCNCC2)n(-c2ccc(F)cc2)n1. The van der Waals surface area contributed by atoms with Gasteiger partial charge in [0.05, 0.1) is 11.4 Å². The Morgan fingerprint density at radius 3 is 2.53 bits per heavy atom. The Kier molecular flexibility index (Phi) is 3.21. The zero-order valence-electron chi connectivity index (χ0n) is 10.9. The second-order valence-corrected chi connectivity index (χ2v) is 4.77. The Hall–Kier alpha value is -1.88. The Morgan fingerprint density at radius 1 is 1.16 bits per heavy atom. The molecule has 3 rings (SSSR count). The van der Waals surface area contributed by atoms with Crippen LogP contribution >= 0.6 is 0 Å². The maximum atomic E-state index is 13.0. The molecule has 0 amide bonds. The molecule has 2 heterocycles. The second-order valence-electron chi connectivity index (χ2n) is 4.77. The van der Waals surface area contributed by atoms with Crippen LogP contribution in [0.25, 0.3) is 5.69 Å². The molecule has 0 radical (unpaired) electrons. The molecule has 2 aromatic rings. The molecule has 100 valence electrons. The smallest absolute Gasteiger partial charge is 0.132 e. The predicted octanol–water partition coefficient (Wildman–Crippen LogP) is 1.73. The van der Waals surface area contributed by atoms with Gasteiger partial charge in [-0.1, -0.05) is 0 Å². The lowest BCUT2D eigenvalue weighted by molar-refractivity contribution is 0.578. The maximum Gasteiger partial charge on any atom is 0.132 e. The quantitative estimate of drug-likeness (QED) is 0.892. The highest BCUT2D eigenvalue weighted by Crippen LogP contribution is 2.21.